The van der Waals surface area contributed by atoms with Crippen LogP contribution in [0.25, 0.3) is 0 Å². The number of hydrogen-bond donors (Lipinski definition) is 1. The van der Waals surface area contributed by atoms with Crippen molar-refractivity contribution in [2.24, 2.45) is 7.05 Å². The molecule has 0 aliphatic carbocycles. The Labute approximate surface area is 101 Å². The Kier molecular flexibility index (Phi) is 3.37. The molecular formula is C12H17N5. The second-order valence-corrected chi connectivity index (χ2v) is 4.14. The van der Waals surface area contributed by atoms with Gasteiger partial charge in [-0.1, -0.05) is 0 Å². The van der Waals surface area contributed by atoms with Crippen LogP contribution in [0.3, 0.4) is 0 Å². The van der Waals surface area contributed by atoms with Crippen molar-refractivity contribution < 1.29 is 0 Å². The molecule has 0 atom stereocenters. The van der Waals surface area contributed by atoms with Gasteiger partial charge in [-0.15, -0.1) is 0 Å². The molecule has 5 nitrogen and oxygen atoms in total. The molecule has 2 aromatic heterocycles. The third kappa shape index (κ3) is 3.27. The third-order valence-electron chi connectivity index (χ3n) is 2.44. The fourth-order valence-electron chi connectivity index (χ4n) is 1.74. The maximum atomic E-state index is 4.33. The Balaban J connectivity index is 1.89. The smallest absolute Gasteiger partial charge is 0.129 e. The van der Waals surface area contributed by atoms with Gasteiger partial charge in [0.1, 0.15) is 11.6 Å². The molecule has 0 fully saturated rings. The molecule has 0 unspecified atom stereocenters. The topological polar surface area (TPSA) is 55.6 Å². The molecule has 0 aromatic carbocycles. The molecule has 0 saturated carbocycles. The minimum atomic E-state index is 0.800. The molecule has 1 N–H and O–H groups in total. The van der Waals surface area contributed by atoms with Gasteiger partial charge in [-0.3, -0.25) is 4.68 Å². The summed E-state index contributed by atoms with van der Waals surface area (Å²) in [6.07, 6.45) is 4.85. The van der Waals surface area contributed by atoms with E-state index < -0.39 is 0 Å². The summed E-state index contributed by atoms with van der Waals surface area (Å²) in [4.78, 5) is 8.57. The summed E-state index contributed by atoms with van der Waals surface area (Å²) in [6, 6.07) is 1.95. The first-order valence-corrected chi connectivity index (χ1v) is 5.67. The summed E-state index contributed by atoms with van der Waals surface area (Å²) in [5.41, 5.74) is 2.21. The number of aryl methyl sites for hydroxylation is 3. The van der Waals surface area contributed by atoms with Crippen molar-refractivity contribution >= 4 is 5.82 Å². The van der Waals surface area contributed by atoms with Gasteiger partial charge < -0.3 is 5.32 Å². The van der Waals surface area contributed by atoms with Gasteiger partial charge in [0.25, 0.3) is 0 Å². The number of hydrogen-bond acceptors (Lipinski definition) is 4. The zero-order valence-corrected chi connectivity index (χ0v) is 10.4. The highest BCUT2D eigenvalue weighted by atomic mass is 15.2. The summed E-state index contributed by atoms with van der Waals surface area (Å²) < 4.78 is 1.81. The van der Waals surface area contributed by atoms with Gasteiger partial charge in [0.2, 0.25) is 0 Å². The van der Waals surface area contributed by atoms with Crippen LogP contribution in [0.4, 0.5) is 5.82 Å². The van der Waals surface area contributed by atoms with E-state index in [4.69, 9.17) is 0 Å². The average molecular weight is 231 g/mol. The fourth-order valence-corrected chi connectivity index (χ4v) is 1.74. The normalized spacial score (nSPS) is 10.5. The third-order valence-corrected chi connectivity index (χ3v) is 2.44. The maximum Gasteiger partial charge on any atom is 0.129 e. The van der Waals surface area contributed by atoms with Gasteiger partial charge >= 0.3 is 0 Å². The monoisotopic (exact) mass is 231 g/mol. The molecule has 0 saturated heterocycles. The van der Waals surface area contributed by atoms with Crippen molar-refractivity contribution in [2.45, 2.75) is 20.3 Å². The van der Waals surface area contributed by atoms with Crippen LogP contribution in [0.1, 0.15) is 17.1 Å². The van der Waals surface area contributed by atoms with E-state index in [-0.39, 0.29) is 0 Å². The lowest BCUT2D eigenvalue weighted by Crippen LogP contribution is -2.07. The van der Waals surface area contributed by atoms with E-state index in [0.29, 0.717) is 0 Å². The van der Waals surface area contributed by atoms with Gasteiger partial charge in [-0.25, -0.2) is 9.97 Å². The predicted molar refractivity (Wildman–Crippen MR) is 66.9 cm³/mol. The Morgan fingerprint density at radius 3 is 2.76 bits per heavy atom. The summed E-state index contributed by atoms with van der Waals surface area (Å²) >= 11 is 0. The lowest BCUT2D eigenvalue weighted by molar-refractivity contribution is 0.767. The Bertz CT molecular complexity index is 483. The highest BCUT2D eigenvalue weighted by molar-refractivity contribution is 5.35. The van der Waals surface area contributed by atoms with E-state index >= 15 is 0 Å². The maximum absolute atomic E-state index is 4.33. The molecule has 5 heteroatoms. The lowest BCUT2D eigenvalue weighted by atomic mass is 10.2. The molecule has 2 rings (SSSR count). The number of nitrogens with zero attached hydrogens (tertiary/aromatic N) is 4. The van der Waals surface area contributed by atoms with Crippen molar-refractivity contribution in [3.63, 3.8) is 0 Å². The molecule has 2 heterocycles. The summed E-state index contributed by atoms with van der Waals surface area (Å²) in [7, 11) is 1.92. The van der Waals surface area contributed by atoms with E-state index in [1.165, 1.54) is 5.56 Å². The highest BCUT2D eigenvalue weighted by Crippen LogP contribution is 2.06. The predicted octanol–water partition coefficient (Wildman–Crippen LogP) is 1.48. The number of nitrogens with one attached hydrogen (secondary N) is 1. The SMILES string of the molecule is Cc1cc(NCCc2cnn(C)c2)nc(C)n1. The van der Waals surface area contributed by atoms with Crippen LogP contribution in [-0.4, -0.2) is 26.3 Å². The quantitative estimate of drug-likeness (QED) is 0.866. The number of aromatic nitrogens is 4. The van der Waals surface area contributed by atoms with Gasteiger partial charge in [0.15, 0.2) is 0 Å². The Hall–Kier alpha value is -1.91. The van der Waals surface area contributed by atoms with Crippen LogP contribution in [0.2, 0.25) is 0 Å². The van der Waals surface area contributed by atoms with E-state index in [2.05, 4.69) is 20.4 Å². The highest BCUT2D eigenvalue weighted by Gasteiger charge is 1.99. The summed E-state index contributed by atoms with van der Waals surface area (Å²) in [5, 5.41) is 7.43. The van der Waals surface area contributed by atoms with Crippen LogP contribution in [0, 0.1) is 13.8 Å². The van der Waals surface area contributed by atoms with Crippen LogP contribution in [0.5, 0.6) is 0 Å². The van der Waals surface area contributed by atoms with Gasteiger partial charge in [0.05, 0.1) is 6.20 Å². The van der Waals surface area contributed by atoms with E-state index in [1.54, 1.807) is 0 Å². The standard InChI is InChI=1S/C12H17N5/c1-9-6-12(16-10(2)15-9)13-5-4-11-7-14-17(3)8-11/h6-8H,4-5H2,1-3H3,(H,13,15,16). The van der Waals surface area contributed by atoms with Crippen molar-refractivity contribution in [2.75, 3.05) is 11.9 Å². The minimum Gasteiger partial charge on any atom is -0.370 e. The van der Waals surface area contributed by atoms with Crippen LogP contribution in [0.15, 0.2) is 18.5 Å². The molecule has 90 valence electrons. The zero-order chi connectivity index (χ0) is 12.3. The van der Waals surface area contributed by atoms with Crippen LogP contribution >= 0.6 is 0 Å². The van der Waals surface area contributed by atoms with Crippen LogP contribution in [-0.2, 0) is 13.5 Å². The first-order chi connectivity index (χ1) is 8.13. The summed E-state index contributed by atoms with van der Waals surface area (Å²) in [6.45, 7) is 4.72. The largest absolute Gasteiger partial charge is 0.370 e. The van der Waals surface area contributed by atoms with Gasteiger partial charge in [-0.2, -0.15) is 5.10 Å². The molecule has 2 aromatic rings. The van der Waals surface area contributed by atoms with Gasteiger partial charge in [0, 0.05) is 31.5 Å². The first-order valence-electron chi connectivity index (χ1n) is 5.67. The van der Waals surface area contributed by atoms with Crippen molar-refractivity contribution in [1.82, 2.24) is 19.7 Å². The van der Waals surface area contributed by atoms with E-state index in [0.717, 1.165) is 30.3 Å². The van der Waals surface area contributed by atoms with Gasteiger partial charge in [-0.05, 0) is 25.8 Å². The van der Waals surface area contributed by atoms with Crippen molar-refractivity contribution in [3.05, 3.63) is 35.5 Å². The van der Waals surface area contributed by atoms with Crippen LogP contribution < -0.4 is 5.32 Å². The summed E-state index contributed by atoms with van der Waals surface area (Å²) in [5.74, 6) is 1.69. The minimum absolute atomic E-state index is 0.800. The molecule has 0 radical (unpaired) electrons. The van der Waals surface area contributed by atoms with E-state index in [9.17, 15) is 0 Å². The molecule has 0 aliphatic rings. The Morgan fingerprint density at radius 2 is 2.12 bits per heavy atom. The number of rotatable bonds is 4. The lowest BCUT2D eigenvalue weighted by Gasteiger charge is -2.06. The molecule has 0 amide bonds. The zero-order valence-electron chi connectivity index (χ0n) is 10.4. The number of anilines is 1. The molecule has 0 bridgehead atoms. The second-order valence-electron chi connectivity index (χ2n) is 4.14. The van der Waals surface area contributed by atoms with Crippen molar-refractivity contribution in [3.8, 4) is 0 Å². The van der Waals surface area contributed by atoms with Crippen molar-refractivity contribution in [1.29, 1.82) is 0 Å². The molecule has 17 heavy (non-hydrogen) atoms. The fraction of sp³-hybridized carbons (Fsp3) is 0.417. The first kappa shape index (κ1) is 11.6. The second kappa shape index (κ2) is 4.95. The Morgan fingerprint density at radius 1 is 1.29 bits per heavy atom. The van der Waals surface area contributed by atoms with E-state index in [1.807, 2.05) is 44.0 Å². The average Bonchev–Trinajstić information content (AvgIpc) is 2.63. The molecule has 0 aliphatic heterocycles. The molecular weight excluding hydrogens is 214 g/mol. The molecule has 0 spiro atoms.